The van der Waals surface area contributed by atoms with Crippen LogP contribution in [-0.4, -0.2) is 38.2 Å². The summed E-state index contributed by atoms with van der Waals surface area (Å²) in [6.07, 6.45) is 4.75. The number of halogens is 1. The molecule has 166 valence electrons. The molecular weight excluding hydrogens is 423 g/mol. The zero-order valence-corrected chi connectivity index (χ0v) is 18.1. The number of hydrogen-bond donors (Lipinski definition) is 2. The largest absolute Gasteiger partial charge is 0.414 e. The topological polar surface area (TPSA) is 139 Å². The number of rotatable bonds is 7. The molecule has 0 spiro atoms. The van der Waals surface area contributed by atoms with Crippen molar-refractivity contribution in [3.8, 4) is 40.4 Å². The predicted octanol–water partition coefficient (Wildman–Crippen LogP) is 3.57. The molecule has 0 aliphatic carbocycles. The second-order valence-electron chi connectivity index (χ2n) is 7.77. The monoisotopic (exact) mass is 444 g/mol. The van der Waals surface area contributed by atoms with Crippen LogP contribution in [0.15, 0.2) is 53.3 Å². The number of hydrogen-bond acceptors (Lipinski definition) is 9. The smallest absolute Gasteiger partial charge is 0.268 e. The number of nitriles is 1. The number of nitrogens with one attached hydrogen (secondary N) is 1. The Labute approximate surface area is 189 Å². The molecule has 0 unspecified atom stereocenters. The van der Waals surface area contributed by atoms with Gasteiger partial charge in [0.25, 0.3) is 5.89 Å². The Morgan fingerprint density at radius 1 is 1.12 bits per heavy atom. The Hall–Kier alpha value is -4.23. The van der Waals surface area contributed by atoms with Gasteiger partial charge in [-0.2, -0.15) is 5.26 Å². The molecule has 1 aromatic carbocycles. The summed E-state index contributed by atoms with van der Waals surface area (Å²) in [7, 11) is 0. The van der Waals surface area contributed by atoms with Gasteiger partial charge in [-0.05, 0) is 44.2 Å². The lowest BCUT2D eigenvalue weighted by atomic mass is 9.90. The molecule has 33 heavy (non-hydrogen) atoms. The summed E-state index contributed by atoms with van der Waals surface area (Å²) in [5, 5.41) is 20.6. The van der Waals surface area contributed by atoms with Crippen LogP contribution in [0.5, 0.6) is 0 Å². The summed E-state index contributed by atoms with van der Waals surface area (Å²) >= 11 is 0. The molecule has 0 aliphatic heterocycles. The third-order valence-corrected chi connectivity index (χ3v) is 4.93. The van der Waals surface area contributed by atoms with Gasteiger partial charge in [0.2, 0.25) is 5.89 Å². The number of anilines is 1. The van der Waals surface area contributed by atoms with Crippen LogP contribution in [0, 0.1) is 17.1 Å². The maximum atomic E-state index is 13.7. The average molecular weight is 444 g/mol. The molecule has 3 aromatic heterocycles. The molecular formula is C23H21FN8O. The highest BCUT2D eigenvalue weighted by Gasteiger charge is 2.22. The van der Waals surface area contributed by atoms with E-state index in [-0.39, 0.29) is 11.8 Å². The first-order valence-electron chi connectivity index (χ1n) is 10.2. The SMILES string of the molecule is CC(C)(C#N)c1cc(-c2cncc(-c3nnc(-c4ccc(F)cc4NCCN)o3)n2)ccn1. The molecule has 9 nitrogen and oxygen atoms in total. The van der Waals surface area contributed by atoms with Crippen LogP contribution >= 0.6 is 0 Å². The highest BCUT2D eigenvalue weighted by Crippen LogP contribution is 2.30. The lowest BCUT2D eigenvalue weighted by Crippen LogP contribution is -2.15. The first-order chi connectivity index (χ1) is 15.9. The van der Waals surface area contributed by atoms with Gasteiger partial charge in [0.1, 0.15) is 11.5 Å². The second kappa shape index (κ2) is 9.10. The number of nitrogens with zero attached hydrogens (tertiary/aromatic N) is 6. The van der Waals surface area contributed by atoms with Gasteiger partial charge >= 0.3 is 0 Å². The summed E-state index contributed by atoms with van der Waals surface area (Å²) in [6.45, 7) is 4.44. The highest BCUT2D eigenvalue weighted by atomic mass is 19.1. The molecule has 0 aliphatic rings. The zero-order chi connectivity index (χ0) is 23.4. The zero-order valence-electron chi connectivity index (χ0n) is 18.1. The van der Waals surface area contributed by atoms with Gasteiger partial charge in [-0.1, -0.05) is 0 Å². The normalized spacial score (nSPS) is 11.2. The van der Waals surface area contributed by atoms with E-state index in [4.69, 9.17) is 10.2 Å². The quantitative estimate of drug-likeness (QED) is 0.438. The van der Waals surface area contributed by atoms with Crippen molar-refractivity contribution >= 4 is 5.69 Å². The van der Waals surface area contributed by atoms with Crippen molar-refractivity contribution < 1.29 is 8.81 Å². The Kier molecular flexibility index (Phi) is 6.06. The summed E-state index contributed by atoms with van der Waals surface area (Å²) in [5.41, 5.74) is 8.17. The summed E-state index contributed by atoms with van der Waals surface area (Å²) < 4.78 is 19.5. The van der Waals surface area contributed by atoms with Crippen LogP contribution in [-0.2, 0) is 5.41 Å². The van der Waals surface area contributed by atoms with E-state index < -0.39 is 11.2 Å². The Morgan fingerprint density at radius 2 is 1.91 bits per heavy atom. The van der Waals surface area contributed by atoms with Crippen molar-refractivity contribution in [3.05, 3.63) is 60.4 Å². The molecule has 3 heterocycles. The number of nitrogens with two attached hydrogens (primary N) is 1. The molecule has 0 amide bonds. The van der Waals surface area contributed by atoms with Gasteiger partial charge in [-0.15, -0.1) is 10.2 Å². The molecule has 0 fully saturated rings. The predicted molar refractivity (Wildman–Crippen MR) is 120 cm³/mol. The summed E-state index contributed by atoms with van der Waals surface area (Å²) in [5.74, 6) is -0.0216. The van der Waals surface area contributed by atoms with Crippen molar-refractivity contribution in [2.24, 2.45) is 5.73 Å². The Morgan fingerprint density at radius 3 is 2.70 bits per heavy atom. The van der Waals surface area contributed by atoms with Crippen LogP contribution in [0.4, 0.5) is 10.1 Å². The minimum Gasteiger partial charge on any atom is -0.414 e. The van der Waals surface area contributed by atoms with E-state index in [9.17, 15) is 9.65 Å². The fourth-order valence-electron chi connectivity index (χ4n) is 3.09. The van der Waals surface area contributed by atoms with Crippen molar-refractivity contribution in [3.63, 3.8) is 0 Å². The standard InChI is InChI=1S/C23H21FN8O/c1-23(2,13-26)20-9-14(5-7-29-20)18-11-27-12-19(30-18)22-32-31-21(33-22)16-4-3-15(24)10-17(16)28-8-6-25/h3-5,7,9-12,28H,6,8,25H2,1-2H3. The lowest BCUT2D eigenvalue weighted by Gasteiger charge is -2.15. The number of aromatic nitrogens is 5. The molecule has 0 radical (unpaired) electrons. The van der Waals surface area contributed by atoms with Crippen LogP contribution < -0.4 is 11.1 Å². The van der Waals surface area contributed by atoms with E-state index in [1.54, 1.807) is 38.4 Å². The molecule has 10 heteroatoms. The van der Waals surface area contributed by atoms with Crippen LogP contribution in [0.2, 0.25) is 0 Å². The molecule has 4 rings (SSSR count). The summed E-state index contributed by atoms with van der Waals surface area (Å²) in [6, 6.07) is 10.1. The van der Waals surface area contributed by atoms with E-state index in [2.05, 4.69) is 36.5 Å². The maximum Gasteiger partial charge on any atom is 0.268 e. The molecule has 0 saturated carbocycles. The van der Waals surface area contributed by atoms with Crippen molar-refractivity contribution in [2.45, 2.75) is 19.3 Å². The fraction of sp³-hybridized carbons (Fsp3) is 0.217. The van der Waals surface area contributed by atoms with Gasteiger partial charge in [0.15, 0.2) is 0 Å². The van der Waals surface area contributed by atoms with Crippen molar-refractivity contribution in [1.82, 2.24) is 25.1 Å². The van der Waals surface area contributed by atoms with Gasteiger partial charge in [0, 0.05) is 30.5 Å². The molecule has 4 aromatic rings. The maximum absolute atomic E-state index is 13.7. The lowest BCUT2D eigenvalue weighted by molar-refractivity contribution is 0.581. The summed E-state index contributed by atoms with van der Waals surface area (Å²) in [4.78, 5) is 13.2. The first-order valence-corrected chi connectivity index (χ1v) is 10.2. The number of benzene rings is 1. The molecule has 3 N–H and O–H groups in total. The first kappa shape index (κ1) is 22.0. The van der Waals surface area contributed by atoms with Gasteiger partial charge in [-0.25, -0.2) is 9.37 Å². The third-order valence-electron chi connectivity index (χ3n) is 4.93. The third kappa shape index (κ3) is 4.68. The minimum absolute atomic E-state index is 0.167. The van der Waals surface area contributed by atoms with Crippen LogP contribution in [0.25, 0.3) is 34.3 Å². The van der Waals surface area contributed by atoms with Gasteiger partial charge in [0.05, 0.1) is 40.8 Å². The minimum atomic E-state index is -0.743. The van der Waals surface area contributed by atoms with Crippen LogP contribution in [0.1, 0.15) is 19.5 Å². The molecule has 0 bridgehead atoms. The highest BCUT2D eigenvalue weighted by molar-refractivity contribution is 5.73. The van der Waals surface area contributed by atoms with Crippen LogP contribution in [0.3, 0.4) is 0 Å². The van der Waals surface area contributed by atoms with E-state index in [1.165, 1.54) is 18.3 Å². The molecule has 0 atom stereocenters. The number of pyridine rings is 1. The molecule has 0 saturated heterocycles. The van der Waals surface area contributed by atoms with Crippen molar-refractivity contribution in [1.29, 1.82) is 5.26 Å². The Bertz CT molecular complexity index is 1330. The van der Waals surface area contributed by atoms with Crippen molar-refractivity contribution in [2.75, 3.05) is 18.4 Å². The Balaban J connectivity index is 1.67. The second-order valence-corrected chi connectivity index (χ2v) is 7.77. The van der Waals surface area contributed by atoms with E-state index in [0.29, 0.717) is 41.4 Å². The van der Waals surface area contributed by atoms with Gasteiger partial charge in [-0.3, -0.25) is 9.97 Å². The fourth-order valence-corrected chi connectivity index (χ4v) is 3.09. The van der Waals surface area contributed by atoms with E-state index in [1.807, 2.05) is 6.07 Å². The van der Waals surface area contributed by atoms with Gasteiger partial charge < -0.3 is 15.5 Å². The average Bonchev–Trinajstić information content (AvgIpc) is 3.33. The van der Waals surface area contributed by atoms with E-state index in [0.717, 1.165) is 5.56 Å². The van der Waals surface area contributed by atoms with E-state index >= 15 is 0 Å².